The Labute approximate surface area is 174 Å². The van der Waals surface area contributed by atoms with Crippen LogP contribution >= 0.6 is 23.6 Å². The van der Waals surface area contributed by atoms with Crippen LogP contribution in [0.25, 0.3) is 16.6 Å². The Morgan fingerprint density at radius 2 is 1.97 bits per heavy atom. The predicted molar refractivity (Wildman–Crippen MR) is 116 cm³/mol. The number of H-pyrrole nitrogens is 1. The molecule has 0 aliphatic carbocycles. The number of carbonyl (C=O) groups excluding carboxylic acids is 1. The number of thiazole rings is 1. The van der Waals surface area contributed by atoms with Crippen molar-refractivity contribution in [3.8, 4) is 11.5 Å². The molecule has 0 unspecified atom stereocenters. The molecule has 0 saturated carbocycles. The van der Waals surface area contributed by atoms with Crippen LogP contribution in [0.4, 0.5) is 5.69 Å². The number of aromatic nitrogens is 2. The fourth-order valence-corrected chi connectivity index (χ4v) is 4.43. The van der Waals surface area contributed by atoms with Gasteiger partial charge in [-0.2, -0.15) is 0 Å². The van der Waals surface area contributed by atoms with Crippen LogP contribution in [-0.2, 0) is 0 Å². The molecule has 2 aromatic heterocycles. The highest BCUT2D eigenvalue weighted by Gasteiger charge is 2.19. The number of rotatable bonds is 4. The maximum atomic E-state index is 13.0. The lowest BCUT2D eigenvalue weighted by Crippen LogP contribution is -2.15. The van der Waals surface area contributed by atoms with Gasteiger partial charge in [0.25, 0.3) is 11.5 Å². The number of aromatic amines is 1. The van der Waals surface area contributed by atoms with Gasteiger partial charge in [-0.15, -0.1) is 0 Å². The van der Waals surface area contributed by atoms with E-state index in [0.717, 1.165) is 16.9 Å². The smallest absolute Gasteiger partial charge is 0.269 e. The Bertz CT molecular complexity index is 1380. The maximum Gasteiger partial charge on any atom is 0.269 e. The predicted octanol–water partition coefficient (Wildman–Crippen LogP) is 4.15. The third-order valence-corrected chi connectivity index (χ3v) is 5.91. The minimum Gasteiger partial charge on any atom is -0.497 e. The summed E-state index contributed by atoms with van der Waals surface area (Å²) in [6.07, 6.45) is 0. The molecular weight excluding hydrogens is 410 g/mol. The van der Waals surface area contributed by atoms with Crippen LogP contribution in [0.2, 0.25) is 0 Å². The van der Waals surface area contributed by atoms with E-state index in [1.165, 1.54) is 14.2 Å². The van der Waals surface area contributed by atoms with Gasteiger partial charge in [0.15, 0.2) is 3.95 Å². The van der Waals surface area contributed by atoms with E-state index in [9.17, 15) is 9.59 Å². The van der Waals surface area contributed by atoms with Crippen LogP contribution in [0.15, 0.2) is 41.2 Å². The van der Waals surface area contributed by atoms with Crippen molar-refractivity contribution in [1.82, 2.24) is 9.38 Å². The van der Waals surface area contributed by atoms with Crippen LogP contribution in [0.1, 0.15) is 15.2 Å². The first-order valence-electron chi connectivity index (χ1n) is 8.64. The topological polar surface area (TPSA) is 84.8 Å². The summed E-state index contributed by atoms with van der Waals surface area (Å²) in [6.45, 7) is 1.91. The first-order chi connectivity index (χ1) is 13.9. The summed E-state index contributed by atoms with van der Waals surface area (Å²) in [4.78, 5) is 28.7. The summed E-state index contributed by atoms with van der Waals surface area (Å²) in [5.74, 6) is 0.656. The third-order valence-electron chi connectivity index (χ3n) is 4.54. The van der Waals surface area contributed by atoms with Gasteiger partial charge in [-0.1, -0.05) is 23.0 Å². The molecule has 0 radical (unpaired) electrons. The third kappa shape index (κ3) is 3.28. The number of nitrogens with zero attached hydrogens (tertiary/aromatic N) is 1. The largest absolute Gasteiger partial charge is 0.497 e. The number of methoxy groups -OCH3 is 2. The molecule has 4 aromatic rings. The molecule has 2 heterocycles. The zero-order valence-corrected chi connectivity index (χ0v) is 17.5. The van der Waals surface area contributed by atoms with E-state index in [2.05, 4.69) is 10.3 Å². The number of hydrogen-bond donors (Lipinski definition) is 2. The van der Waals surface area contributed by atoms with E-state index in [1.807, 2.05) is 19.1 Å². The zero-order chi connectivity index (χ0) is 20.7. The van der Waals surface area contributed by atoms with Crippen molar-refractivity contribution >= 4 is 51.7 Å². The van der Waals surface area contributed by atoms with Crippen LogP contribution < -0.4 is 20.3 Å². The number of amides is 1. The van der Waals surface area contributed by atoms with Gasteiger partial charge in [-0.05, 0) is 43.4 Å². The molecule has 0 spiro atoms. The van der Waals surface area contributed by atoms with E-state index >= 15 is 0 Å². The molecule has 7 nitrogen and oxygen atoms in total. The van der Waals surface area contributed by atoms with Gasteiger partial charge in [-0.3, -0.25) is 14.0 Å². The van der Waals surface area contributed by atoms with Crippen LogP contribution in [0.5, 0.6) is 11.5 Å². The molecule has 9 heteroatoms. The lowest BCUT2D eigenvalue weighted by atomic mass is 10.1. The Kier molecular flexibility index (Phi) is 4.85. The number of nitrogens with one attached hydrogen (secondary N) is 2. The molecule has 4 rings (SSSR count). The average molecular weight is 428 g/mol. The van der Waals surface area contributed by atoms with Crippen molar-refractivity contribution in [2.24, 2.45) is 0 Å². The summed E-state index contributed by atoms with van der Waals surface area (Å²) < 4.78 is 12.7. The summed E-state index contributed by atoms with van der Waals surface area (Å²) in [7, 11) is 3.05. The Morgan fingerprint density at radius 3 is 2.69 bits per heavy atom. The van der Waals surface area contributed by atoms with Crippen LogP contribution in [0.3, 0.4) is 0 Å². The second-order valence-corrected chi connectivity index (χ2v) is 8.02. The van der Waals surface area contributed by atoms with E-state index in [1.54, 1.807) is 28.7 Å². The summed E-state index contributed by atoms with van der Waals surface area (Å²) >= 11 is 6.61. The normalized spacial score (nSPS) is 11.0. The number of aryl methyl sites for hydroxylation is 1. The highest BCUT2D eigenvalue weighted by molar-refractivity contribution is 7.73. The van der Waals surface area contributed by atoms with E-state index in [0.29, 0.717) is 42.6 Å². The minimum absolute atomic E-state index is 0.274. The average Bonchev–Trinajstić information content (AvgIpc) is 3.04. The lowest BCUT2D eigenvalue weighted by molar-refractivity contribution is 0.103. The molecule has 0 aliphatic rings. The highest BCUT2D eigenvalue weighted by Crippen LogP contribution is 2.30. The number of hydrogen-bond acceptors (Lipinski definition) is 6. The first kappa shape index (κ1) is 19.2. The van der Waals surface area contributed by atoms with Crippen LogP contribution in [0, 0.1) is 10.9 Å². The summed E-state index contributed by atoms with van der Waals surface area (Å²) in [6, 6.07) is 10.6. The molecule has 0 fully saturated rings. The monoisotopic (exact) mass is 427 g/mol. The van der Waals surface area contributed by atoms with Crippen molar-refractivity contribution in [1.29, 1.82) is 0 Å². The Hall–Kier alpha value is -3.17. The van der Waals surface area contributed by atoms with Gasteiger partial charge in [0.1, 0.15) is 22.0 Å². The quantitative estimate of drug-likeness (QED) is 0.478. The van der Waals surface area contributed by atoms with E-state index in [-0.39, 0.29) is 5.56 Å². The van der Waals surface area contributed by atoms with Crippen LogP contribution in [-0.4, -0.2) is 29.5 Å². The maximum absolute atomic E-state index is 13.0. The summed E-state index contributed by atoms with van der Waals surface area (Å²) in [5, 5.41) is 3.34. The number of anilines is 1. The fourth-order valence-electron chi connectivity index (χ4n) is 3.15. The standard InChI is InChI=1S/C20H17N3O4S2/c1-10-4-6-14-12(8-10)18(24)22-17-16(29-20(28)23(14)17)19(25)21-13-9-11(26-2)5-7-15(13)27-3/h4-9H,1-3H3,(H,21,25)(H,22,24). The first-order valence-corrected chi connectivity index (χ1v) is 9.87. The van der Waals surface area contributed by atoms with Gasteiger partial charge in [0.2, 0.25) is 0 Å². The van der Waals surface area contributed by atoms with Crippen molar-refractivity contribution in [2.45, 2.75) is 6.92 Å². The molecule has 29 heavy (non-hydrogen) atoms. The SMILES string of the molecule is COc1ccc(OC)c(NC(=O)c2sc(=S)n3c2[nH]c(=O)c2cc(C)ccc23)c1. The van der Waals surface area contributed by atoms with Crippen molar-refractivity contribution in [2.75, 3.05) is 19.5 Å². The summed E-state index contributed by atoms with van der Waals surface area (Å²) in [5.41, 5.74) is 2.17. The Morgan fingerprint density at radius 1 is 1.17 bits per heavy atom. The van der Waals surface area contributed by atoms with Crippen molar-refractivity contribution in [3.63, 3.8) is 0 Å². The van der Waals surface area contributed by atoms with Gasteiger partial charge in [0.05, 0.1) is 30.8 Å². The zero-order valence-electron chi connectivity index (χ0n) is 15.9. The van der Waals surface area contributed by atoms with Crippen molar-refractivity contribution < 1.29 is 14.3 Å². The number of carbonyl (C=O) groups is 1. The molecule has 0 aliphatic heterocycles. The molecule has 0 atom stereocenters. The highest BCUT2D eigenvalue weighted by atomic mass is 32.1. The molecule has 0 saturated heterocycles. The van der Waals surface area contributed by atoms with E-state index < -0.39 is 5.91 Å². The molecule has 2 aromatic carbocycles. The molecule has 2 N–H and O–H groups in total. The molecule has 1 amide bonds. The minimum atomic E-state index is -0.405. The number of fused-ring (bicyclic) bond motifs is 3. The lowest BCUT2D eigenvalue weighted by Gasteiger charge is -2.11. The molecule has 148 valence electrons. The van der Waals surface area contributed by atoms with Gasteiger partial charge in [-0.25, -0.2) is 0 Å². The Balaban J connectivity index is 1.86. The van der Waals surface area contributed by atoms with Gasteiger partial charge < -0.3 is 19.8 Å². The van der Waals surface area contributed by atoms with Crippen molar-refractivity contribution in [3.05, 3.63) is 61.1 Å². The number of ether oxygens (including phenoxy) is 2. The van der Waals surface area contributed by atoms with Gasteiger partial charge in [0, 0.05) is 6.07 Å². The second-order valence-electron chi connectivity index (χ2n) is 6.38. The molecular formula is C20H17N3O4S2. The molecule has 0 bridgehead atoms. The number of benzene rings is 2. The fraction of sp³-hybridized carbons (Fsp3) is 0.150. The second kappa shape index (κ2) is 7.34. The van der Waals surface area contributed by atoms with Gasteiger partial charge >= 0.3 is 0 Å². The van der Waals surface area contributed by atoms with E-state index in [4.69, 9.17) is 21.7 Å².